The molecule has 1 aromatic carbocycles. The standard InChI is InChI=1S/C20H20N4O/c1-12-18(17-6-7-21-10-16(17)11-22-12)19-23-20(25-24-19)15-8-13-4-2-3-5-14(13)9-15/h2-5,11,15,21H,6-10H2,1H3. The lowest BCUT2D eigenvalue weighted by Crippen LogP contribution is -2.24. The van der Waals surface area contributed by atoms with Gasteiger partial charge in [-0.3, -0.25) is 4.98 Å². The molecular formula is C20H20N4O. The number of hydrogen-bond donors (Lipinski definition) is 1. The van der Waals surface area contributed by atoms with Crippen molar-refractivity contribution in [1.82, 2.24) is 20.4 Å². The minimum atomic E-state index is 0.285. The molecule has 1 N–H and O–H groups in total. The van der Waals surface area contributed by atoms with Crippen molar-refractivity contribution in [3.8, 4) is 11.4 Å². The van der Waals surface area contributed by atoms with Gasteiger partial charge in [0.1, 0.15) is 0 Å². The summed E-state index contributed by atoms with van der Waals surface area (Å²) in [5.74, 6) is 1.72. The van der Waals surface area contributed by atoms with Crippen molar-refractivity contribution in [1.29, 1.82) is 0 Å². The summed E-state index contributed by atoms with van der Waals surface area (Å²) >= 11 is 0. The monoisotopic (exact) mass is 332 g/mol. The van der Waals surface area contributed by atoms with E-state index in [-0.39, 0.29) is 5.92 Å². The molecule has 0 amide bonds. The van der Waals surface area contributed by atoms with Gasteiger partial charge in [0.05, 0.1) is 0 Å². The SMILES string of the molecule is Cc1ncc2c(c1-c1noc(C3Cc4ccccc4C3)n1)CCNC2. The predicted octanol–water partition coefficient (Wildman–Crippen LogP) is 2.97. The van der Waals surface area contributed by atoms with Gasteiger partial charge in [-0.1, -0.05) is 29.4 Å². The van der Waals surface area contributed by atoms with Gasteiger partial charge in [0.2, 0.25) is 11.7 Å². The highest BCUT2D eigenvalue weighted by Crippen LogP contribution is 2.35. The molecule has 0 radical (unpaired) electrons. The van der Waals surface area contributed by atoms with Crippen LogP contribution in [0.5, 0.6) is 0 Å². The molecule has 0 fully saturated rings. The average Bonchev–Trinajstić information content (AvgIpc) is 3.28. The fraction of sp³-hybridized carbons (Fsp3) is 0.350. The van der Waals surface area contributed by atoms with Crippen molar-refractivity contribution in [3.05, 3.63) is 64.3 Å². The molecule has 0 spiro atoms. The van der Waals surface area contributed by atoms with E-state index in [1.807, 2.05) is 13.1 Å². The number of nitrogens with one attached hydrogen (secondary N) is 1. The summed E-state index contributed by atoms with van der Waals surface area (Å²) in [6.07, 6.45) is 4.90. The summed E-state index contributed by atoms with van der Waals surface area (Å²) in [6.45, 7) is 3.86. The van der Waals surface area contributed by atoms with Crippen molar-refractivity contribution in [2.45, 2.75) is 38.6 Å². The van der Waals surface area contributed by atoms with Crippen LogP contribution in [0, 0.1) is 6.92 Å². The average molecular weight is 332 g/mol. The molecule has 3 aromatic rings. The third-order valence-electron chi connectivity index (χ3n) is 5.40. The van der Waals surface area contributed by atoms with E-state index in [1.165, 1.54) is 22.3 Å². The van der Waals surface area contributed by atoms with Gasteiger partial charge in [0, 0.05) is 29.9 Å². The van der Waals surface area contributed by atoms with E-state index >= 15 is 0 Å². The maximum absolute atomic E-state index is 5.68. The molecule has 2 aliphatic rings. The quantitative estimate of drug-likeness (QED) is 0.782. The van der Waals surface area contributed by atoms with Gasteiger partial charge in [-0.2, -0.15) is 4.98 Å². The Morgan fingerprint density at radius 3 is 2.72 bits per heavy atom. The Bertz CT molecular complexity index is 922. The number of aromatic nitrogens is 3. The van der Waals surface area contributed by atoms with E-state index < -0.39 is 0 Å². The van der Waals surface area contributed by atoms with E-state index in [1.54, 1.807) is 0 Å². The number of pyridine rings is 1. The molecule has 0 atom stereocenters. The molecule has 5 heteroatoms. The number of aryl methyl sites for hydroxylation is 1. The molecule has 0 bridgehead atoms. The Morgan fingerprint density at radius 1 is 1.12 bits per heavy atom. The third kappa shape index (κ3) is 2.46. The van der Waals surface area contributed by atoms with Crippen molar-refractivity contribution in [2.75, 3.05) is 6.54 Å². The van der Waals surface area contributed by atoms with Crippen LogP contribution >= 0.6 is 0 Å². The van der Waals surface area contributed by atoms with Crippen molar-refractivity contribution in [3.63, 3.8) is 0 Å². The van der Waals surface area contributed by atoms with Gasteiger partial charge in [-0.15, -0.1) is 0 Å². The van der Waals surface area contributed by atoms with Crippen molar-refractivity contribution >= 4 is 0 Å². The van der Waals surface area contributed by atoms with Gasteiger partial charge in [0.15, 0.2) is 0 Å². The van der Waals surface area contributed by atoms with Gasteiger partial charge in [-0.25, -0.2) is 0 Å². The van der Waals surface area contributed by atoms with Crippen LogP contribution in [-0.2, 0) is 25.8 Å². The lowest BCUT2D eigenvalue weighted by Gasteiger charge is -2.19. The van der Waals surface area contributed by atoms with Crippen molar-refractivity contribution < 1.29 is 4.52 Å². The Balaban J connectivity index is 1.50. The number of benzene rings is 1. The van der Waals surface area contributed by atoms with Crippen LogP contribution in [0.2, 0.25) is 0 Å². The van der Waals surface area contributed by atoms with Crippen molar-refractivity contribution in [2.24, 2.45) is 0 Å². The summed E-state index contributed by atoms with van der Waals surface area (Å²) in [6, 6.07) is 8.59. The molecule has 0 unspecified atom stereocenters. The summed E-state index contributed by atoms with van der Waals surface area (Å²) < 4.78 is 5.68. The molecule has 2 aromatic heterocycles. The first-order chi connectivity index (χ1) is 12.3. The van der Waals surface area contributed by atoms with E-state index in [0.29, 0.717) is 5.82 Å². The molecule has 25 heavy (non-hydrogen) atoms. The first-order valence-corrected chi connectivity index (χ1v) is 8.88. The normalized spacial score (nSPS) is 16.7. The topological polar surface area (TPSA) is 63.8 Å². The molecule has 1 aliphatic heterocycles. The molecule has 5 nitrogen and oxygen atoms in total. The van der Waals surface area contributed by atoms with E-state index in [9.17, 15) is 0 Å². The summed E-state index contributed by atoms with van der Waals surface area (Å²) in [5, 5.41) is 7.71. The predicted molar refractivity (Wildman–Crippen MR) is 94.3 cm³/mol. The molecule has 1 aliphatic carbocycles. The highest BCUT2D eigenvalue weighted by atomic mass is 16.5. The largest absolute Gasteiger partial charge is 0.339 e. The molecule has 0 saturated carbocycles. The highest BCUT2D eigenvalue weighted by molar-refractivity contribution is 5.64. The van der Waals surface area contributed by atoms with Crippen LogP contribution in [0.4, 0.5) is 0 Å². The summed E-state index contributed by atoms with van der Waals surface area (Å²) in [5.41, 5.74) is 7.38. The third-order valence-corrected chi connectivity index (χ3v) is 5.40. The first kappa shape index (κ1) is 14.8. The second-order valence-corrected chi connectivity index (χ2v) is 6.98. The molecule has 0 saturated heterocycles. The fourth-order valence-corrected chi connectivity index (χ4v) is 4.10. The Morgan fingerprint density at radius 2 is 1.92 bits per heavy atom. The fourth-order valence-electron chi connectivity index (χ4n) is 4.10. The highest BCUT2D eigenvalue weighted by Gasteiger charge is 2.28. The summed E-state index contributed by atoms with van der Waals surface area (Å²) in [7, 11) is 0. The zero-order valence-corrected chi connectivity index (χ0v) is 14.2. The molecule has 5 rings (SSSR count). The zero-order chi connectivity index (χ0) is 16.8. The zero-order valence-electron chi connectivity index (χ0n) is 14.2. The van der Waals surface area contributed by atoms with Gasteiger partial charge >= 0.3 is 0 Å². The lowest BCUT2D eigenvalue weighted by molar-refractivity contribution is 0.356. The number of fused-ring (bicyclic) bond motifs is 2. The molecule has 3 heterocycles. The minimum Gasteiger partial charge on any atom is -0.339 e. The summed E-state index contributed by atoms with van der Waals surface area (Å²) in [4.78, 5) is 9.32. The van der Waals surface area contributed by atoms with Crippen LogP contribution < -0.4 is 5.32 Å². The Labute approximate surface area is 146 Å². The van der Waals surface area contributed by atoms with Gasteiger partial charge in [0.25, 0.3) is 0 Å². The molecule has 126 valence electrons. The van der Waals surface area contributed by atoms with Crippen LogP contribution in [0.25, 0.3) is 11.4 Å². The number of hydrogen-bond acceptors (Lipinski definition) is 5. The maximum Gasteiger partial charge on any atom is 0.230 e. The van der Waals surface area contributed by atoms with E-state index in [4.69, 9.17) is 9.51 Å². The first-order valence-electron chi connectivity index (χ1n) is 8.88. The maximum atomic E-state index is 5.68. The Kier molecular flexibility index (Phi) is 3.41. The Hall–Kier alpha value is -2.53. The minimum absolute atomic E-state index is 0.285. The second kappa shape index (κ2) is 5.77. The van der Waals surface area contributed by atoms with Crippen LogP contribution in [0.1, 0.15) is 39.8 Å². The number of nitrogens with zero attached hydrogens (tertiary/aromatic N) is 3. The number of rotatable bonds is 2. The lowest BCUT2D eigenvalue weighted by atomic mass is 9.95. The smallest absolute Gasteiger partial charge is 0.230 e. The van der Waals surface area contributed by atoms with Crippen LogP contribution in [0.15, 0.2) is 35.0 Å². The van der Waals surface area contributed by atoms with Gasteiger partial charge < -0.3 is 9.84 Å². The molecular weight excluding hydrogens is 312 g/mol. The second-order valence-electron chi connectivity index (χ2n) is 6.98. The van der Waals surface area contributed by atoms with E-state index in [2.05, 4.69) is 39.7 Å². The van der Waals surface area contributed by atoms with Crippen LogP contribution in [-0.4, -0.2) is 21.7 Å². The van der Waals surface area contributed by atoms with E-state index in [0.717, 1.165) is 49.5 Å². The van der Waals surface area contributed by atoms with Gasteiger partial charge in [-0.05, 0) is 55.0 Å². The van der Waals surface area contributed by atoms with Crippen LogP contribution in [0.3, 0.4) is 0 Å².